The first-order valence-electron chi connectivity index (χ1n) is 6.05. The van der Waals surface area contributed by atoms with Gasteiger partial charge in [-0.1, -0.05) is 13.8 Å². The molecule has 18 heavy (non-hydrogen) atoms. The third-order valence-electron chi connectivity index (χ3n) is 2.44. The molecule has 0 fully saturated rings. The van der Waals surface area contributed by atoms with Gasteiger partial charge in [0, 0.05) is 37.3 Å². The lowest BCUT2D eigenvalue weighted by atomic mass is 10.2. The second kappa shape index (κ2) is 7.38. The smallest absolute Gasteiger partial charge is 0.133 e. The Kier molecular flexibility index (Phi) is 6.15. The molecule has 0 spiro atoms. The molecule has 0 aliphatic rings. The Morgan fingerprint density at radius 1 is 1.00 bits per heavy atom. The molecule has 0 atom stereocenters. The van der Waals surface area contributed by atoms with E-state index in [9.17, 15) is 13.2 Å². The first kappa shape index (κ1) is 15.0. The molecular formula is C13H19F3N2. The SMILES string of the molecule is CC(C)CNCCNCc1c(F)cc(F)cc1F. The van der Waals surface area contributed by atoms with E-state index in [1.807, 2.05) is 0 Å². The number of nitrogens with one attached hydrogen (secondary N) is 2. The highest BCUT2D eigenvalue weighted by molar-refractivity contribution is 5.20. The van der Waals surface area contributed by atoms with Crippen LogP contribution < -0.4 is 10.6 Å². The van der Waals surface area contributed by atoms with Gasteiger partial charge in [0.05, 0.1) is 0 Å². The van der Waals surface area contributed by atoms with E-state index in [4.69, 9.17) is 0 Å². The van der Waals surface area contributed by atoms with Crippen LogP contribution in [0.4, 0.5) is 13.2 Å². The zero-order valence-electron chi connectivity index (χ0n) is 10.7. The van der Waals surface area contributed by atoms with E-state index < -0.39 is 17.5 Å². The summed E-state index contributed by atoms with van der Waals surface area (Å²) in [5, 5.41) is 6.11. The maximum Gasteiger partial charge on any atom is 0.133 e. The molecule has 1 aromatic rings. The molecule has 5 heteroatoms. The van der Waals surface area contributed by atoms with Crippen molar-refractivity contribution in [3.8, 4) is 0 Å². The molecule has 0 aliphatic heterocycles. The quantitative estimate of drug-likeness (QED) is 0.736. The first-order valence-corrected chi connectivity index (χ1v) is 6.05. The molecule has 0 saturated heterocycles. The molecule has 0 amide bonds. The summed E-state index contributed by atoms with van der Waals surface area (Å²) in [6.07, 6.45) is 0. The van der Waals surface area contributed by atoms with Crippen LogP contribution >= 0.6 is 0 Å². The van der Waals surface area contributed by atoms with Gasteiger partial charge in [0.2, 0.25) is 0 Å². The van der Waals surface area contributed by atoms with Crippen LogP contribution in [0.3, 0.4) is 0 Å². The van der Waals surface area contributed by atoms with Gasteiger partial charge in [-0.05, 0) is 12.5 Å². The van der Waals surface area contributed by atoms with Crippen LogP contribution in [-0.4, -0.2) is 19.6 Å². The largest absolute Gasteiger partial charge is 0.315 e. The van der Waals surface area contributed by atoms with E-state index in [1.54, 1.807) is 0 Å². The summed E-state index contributed by atoms with van der Waals surface area (Å²) >= 11 is 0. The van der Waals surface area contributed by atoms with Gasteiger partial charge in [-0.25, -0.2) is 13.2 Å². The average Bonchev–Trinajstić information content (AvgIpc) is 2.25. The number of hydrogen-bond donors (Lipinski definition) is 2. The van der Waals surface area contributed by atoms with Crippen LogP contribution in [0.25, 0.3) is 0 Å². The number of rotatable bonds is 7. The highest BCUT2D eigenvalue weighted by atomic mass is 19.1. The molecule has 0 bridgehead atoms. The van der Waals surface area contributed by atoms with Crippen LogP contribution in [0.1, 0.15) is 19.4 Å². The minimum Gasteiger partial charge on any atom is -0.315 e. The Bertz CT molecular complexity index is 357. The van der Waals surface area contributed by atoms with Crippen molar-refractivity contribution in [2.75, 3.05) is 19.6 Å². The number of halogens is 3. The fourth-order valence-corrected chi connectivity index (χ4v) is 1.52. The normalized spacial score (nSPS) is 11.2. The summed E-state index contributed by atoms with van der Waals surface area (Å²) in [7, 11) is 0. The van der Waals surface area contributed by atoms with Crippen LogP contribution in [0.2, 0.25) is 0 Å². The lowest BCUT2D eigenvalue weighted by Crippen LogP contribution is -2.29. The molecule has 102 valence electrons. The molecule has 0 aliphatic carbocycles. The maximum absolute atomic E-state index is 13.3. The van der Waals surface area contributed by atoms with Gasteiger partial charge in [-0.3, -0.25) is 0 Å². The lowest BCUT2D eigenvalue weighted by molar-refractivity contribution is 0.501. The van der Waals surface area contributed by atoms with E-state index in [-0.39, 0.29) is 12.1 Å². The molecule has 0 saturated carbocycles. The standard InChI is InChI=1S/C13H19F3N2/c1-9(2)7-17-3-4-18-8-11-12(15)5-10(14)6-13(11)16/h5-6,9,17-18H,3-4,7-8H2,1-2H3. The monoisotopic (exact) mass is 260 g/mol. The molecule has 0 unspecified atom stereocenters. The summed E-state index contributed by atoms with van der Waals surface area (Å²) in [6.45, 7) is 6.49. The van der Waals surface area contributed by atoms with Crippen molar-refractivity contribution >= 4 is 0 Å². The molecule has 0 aromatic heterocycles. The third kappa shape index (κ3) is 5.06. The maximum atomic E-state index is 13.3. The predicted molar refractivity (Wildman–Crippen MR) is 65.7 cm³/mol. The fraction of sp³-hybridized carbons (Fsp3) is 0.538. The lowest BCUT2D eigenvalue weighted by Gasteiger charge is -2.09. The van der Waals surface area contributed by atoms with Gasteiger partial charge >= 0.3 is 0 Å². The van der Waals surface area contributed by atoms with Crippen LogP contribution in [-0.2, 0) is 6.54 Å². The van der Waals surface area contributed by atoms with Crippen molar-refractivity contribution in [3.05, 3.63) is 35.1 Å². The van der Waals surface area contributed by atoms with Crippen molar-refractivity contribution in [2.24, 2.45) is 5.92 Å². The third-order valence-corrected chi connectivity index (χ3v) is 2.44. The summed E-state index contributed by atoms with van der Waals surface area (Å²) < 4.78 is 39.2. The van der Waals surface area contributed by atoms with Crippen molar-refractivity contribution in [1.82, 2.24) is 10.6 Å². The second-order valence-electron chi connectivity index (χ2n) is 4.62. The summed E-state index contributed by atoms with van der Waals surface area (Å²) in [6, 6.07) is 1.38. The van der Waals surface area contributed by atoms with Gasteiger partial charge in [0.15, 0.2) is 0 Å². The zero-order chi connectivity index (χ0) is 13.5. The van der Waals surface area contributed by atoms with Gasteiger partial charge in [0.25, 0.3) is 0 Å². The van der Waals surface area contributed by atoms with E-state index in [2.05, 4.69) is 24.5 Å². The fourth-order valence-electron chi connectivity index (χ4n) is 1.52. The van der Waals surface area contributed by atoms with E-state index >= 15 is 0 Å². The number of hydrogen-bond acceptors (Lipinski definition) is 2. The van der Waals surface area contributed by atoms with Crippen LogP contribution in [0.5, 0.6) is 0 Å². The first-order chi connectivity index (χ1) is 8.50. The van der Waals surface area contributed by atoms with Gasteiger partial charge in [0.1, 0.15) is 17.5 Å². The predicted octanol–water partition coefficient (Wildman–Crippen LogP) is 2.44. The minimum absolute atomic E-state index is 0.0569. The van der Waals surface area contributed by atoms with Gasteiger partial charge < -0.3 is 10.6 Å². The van der Waals surface area contributed by atoms with Crippen molar-refractivity contribution in [1.29, 1.82) is 0 Å². The molecule has 2 N–H and O–H groups in total. The van der Waals surface area contributed by atoms with E-state index in [0.29, 0.717) is 24.6 Å². The van der Waals surface area contributed by atoms with Crippen LogP contribution in [0, 0.1) is 23.4 Å². The zero-order valence-corrected chi connectivity index (χ0v) is 10.7. The Morgan fingerprint density at radius 3 is 2.11 bits per heavy atom. The molecule has 0 radical (unpaired) electrons. The topological polar surface area (TPSA) is 24.1 Å². The second-order valence-corrected chi connectivity index (χ2v) is 4.62. The van der Waals surface area contributed by atoms with Gasteiger partial charge in [-0.2, -0.15) is 0 Å². The highest BCUT2D eigenvalue weighted by Crippen LogP contribution is 2.14. The average molecular weight is 260 g/mol. The summed E-state index contributed by atoms with van der Waals surface area (Å²) in [4.78, 5) is 0. The van der Waals surface area contributed by atoms with E-state index in [0.717, 1.165) is 13.1 Å². The van der Waals surface area contributed by atoms with Crippen LogP contribution in [0.15, 0.2) is 12.1 Å². The Balaban J connectivity index is 2.31. The number of benzene rings is 1. The molecule has 1 aromatic carbocycles. The Morgan fingerprint density at radius 2 is 1.56 bits per heavy atom. The van der Waals surface area contributed by atoms with Crippen molar-refractivity contribution < 1.29 is 13.2 Å². The van der Waals surface area contributed by atoms with Gasteiger partial charge in [-0.15, -0.1) is 0 Å². The van der Waals surface area contributed by atoms with E-state index in [1.165, 1.54) is 0 Å². The molecule has 0 heterocycles. The molecule has 1 rings (SSSR count). The van der Waals surface area contributed by atoms with Crippen molar-refractivity contribution in [3.63, 3.8) is 0 Å². The van der Waals surface area contributed by atoms with Crippen molar-refractivity contribution in [2.45, 2.75) is 20.4 Å². The Hall–Kier alpha value is -1.07. The minimum atomic E-state index is -0.896. The Labute approximate surface area is 106 Å². The highest BCUT2D eigenvalue weighted by Gasteiger charge is 2.10. The summed E-state index contributed by atoms with van der Waals surface area (Å²) in [5.41, 5.74) is -0.125. The molecule has 2 nitrogen and oxygen atoms in total. The summed E-state index contributed by atoms with van der Waals surface area (Å²) in [5.74, 6) is -2.03. The molecular weight excluding hydrogens is 241 g/mol.